The summed E-state index contributed by atoms with van der Waals surface area (Å²) in [7, 11) is 0. The molecule has 0 heterocycles. The number of non-ortho nitro benzene ring substituents is 3. The Hall–Kier alpha value is -5.74. The zero-order valence-corrected chi connectivity index (χ0v) is 17.0. The van der Waals surface area contributed by atoms with Crippen molar-refractivity contribution in [2.24, 2.45) is 0 Å². The second-order valence-electron chi connectivity index (χ2n) is 6.62. The summed E-state index contributed by atoms with van der Waals surface area (Å²) in [6, 6.07) is 10.3. The second-order valence-corrected chi connectivity index (χ2v) is 6.62. The molecule has 35 heavy (non-hydrogen) atoms. The third kappa shape index (κ3) is 5.03. The van der Waals surface area contributed by atoms with Crippen LogP contribution < -0.4 is 10.4 Å². The monoisotopic (exact) mass is 485 g/mol. The topological polar surface area (TPSA) is 231 Å². The van der Waals surface area contributed by atoms with Crippen molar-refractivity contribution in [2.45, 2.75) is 0 Å². The predicted molar refractivity (Wildman–Crippen MR) is 118 cm³/mol. The van der Waals surface area contributed by atoms with Crippen molar-refractivity contribution in [3.05, 3.63) is 111 Å². The number of hydrazine groups is 1. The van der Waals surface area contributed by atoms with E-state index in [4.69, 9.17) is 0 Å². The molecule has 3 aromatic carbocycles. The summed E-state index contributed by atoms with van der Waals surface area (Å²) >= 11 is 0. The molecular weight excluding hydrogens is 474 g/mol. The minimum Gasteiger partial charge on any atom is -0.282 e. The van der Waals surface area contributed by atoms with Gasteiger partial charge in [0.2, 0.25) is 5.69 Å². The summed E-state index contributed by atoms with van der Waals surface area (Å²) in [4.78, 5) is 51.8. The van der Waals surface area contributed by atoms with Gasteiger partial charge < -0.3 is 0 Å². The molecule has 178 valence electrons. The molecule has 0 spiro atoms. The average molecular weight is 485 g/mol. The number of anilines is 3. The van der Waals surface area contributed by atoms with Crippen molar-refractivity contribution in [3.8, 4) is 0 Å². The summed E-state index contributed by atoms with van der Waals surface area (Å²) in [5, 5.41) is 57.3. The van der Waals surface area contributed by atoms with E-state index in [-0.39, 0.29) is 22.7 Å². The zero-order chi connectivity index (χ0) is 25.9. The molecule has 0 fully saturated rings. The van der Waals surface area contributed by atoms with Gasteiger partial charge in [-0.15, -0.1) is 0 Å². The van der Waals surface area contributed by atoms with Crippen LogP contribution in [0.4, 0.5) is 45.5 Å². The maximum absolute atomic E-state index is 11.6. The number of benzene rings is 3. The summed E-state index contributed by atoms with van der Waals surface area (Å²) in [6.07, 6.45) is 0. The first-order chi connectivity index (χ1) is 16.5. The van der Waals surface area contributed by atoms with E-state index in [0.29, 0.717) is 12.1 Å². The van der Waals surface area contributed by atoms with Gasteiger partial charge >= 0.3 is 11.4 Å². The second kappa shape index (κ2) is 9.40. The minimum atomic E-state index is -1.06. The number of nitrogens with zero attached hydrogens (tertiary/aromatic N) is 6. The molecule has 1 N–H and O–H groups in total. The van der Waals surface area contributed by atoms with E-state index in [1.807, 2.05) is 0 Å². The molecule has 0 amide bonds. The van der Waals surface area contributed by atoms with Crippen LogP contribution >= 0.6 is 0 Å². The standard InChI is InChI=1S/C18H11N7O10/c26-21(27)13-5-1-11(2-6-13)20(12-3-7-14(8-4-12)22(28)29)19-18-16(24(32)33)9-15(23(30)31)10-17(18)25(34)35/h1-10,19H. The Morgan fingerprint density at radius 1 is 0.514 bits per heavy atom. The lowest BCUT2D eigenvalue weighted by Gasteiger charge is -2.26. The van der Waals surface area contributed by atoms with E-state index in [0.717, 1.165) is 29.3 Å². The number of hydrogen-bond acceptors (Lipinski definition) is 12. The van der Waals surface area contributed by atoms with Gasteiger partial charge in [-0.2, -0.15) is 0 Å². The lowest BCUT2D eigenvalue weighted by Crippen LogP contribution is -2.25. The van der Waals surface area contributed by atoms with Crippen molar-refractivity contribution < 1.29 is 24.6 Å². The first-order valence-corrected chi connectivity index (χ1v) is 9.16. The first kappa shape index (κ1) is 23.9. The molecule has 0 aliphatic heterocycles. The maximum Gasteiger partial charge on any atom is 0.308 e. The normalized spacial score (nSPS) is 10.3. The highest BCUT2D eigenvalue weighted by molar-refractivity contribution is 5.81. The molecular formula is C18H11N7O10. The van der Waals surface area contributed by atoms with Crippen molar-refractivity contribution in [1.82, 2.24) is 0 Å². The van der Waals surface area contributed by atoms with Gasteiger partial charge in [0.25, 0.3) is 17.1 Å². The molecule has 0 atom stereocenters. The fourth-order valence-electron chi connectivity index (χ4n) is 2.94. The Balaban J connectivity index is 2.22. The van der Waals surface area contributed by atoms with Crippen LogP contribution in [0.1, 0.15) is 0 Å². The molecule has 0 aliphatic carbocycles. The zero-order valence-electron chi connectivity index (χ0n) is 17.0. The van der Waals surface area contributed by atoms with E-state index < -0.39 is 47.4 Å². The van der Waals surface area contributed by atoms with Gasteiger partial charge in [-0.05, 0) is 24.3 Å². The van der Waals surface area contributed by atoms with E-state index >= 15 is 0 Å². The molecule has 0 saturated carbocycles. The van der Waals surface area contributed by atoms with Gasteiger partial charge in [-0.1, -0.05) is 0 Å². The van der Waals surface area contributed by atoms with Gasteiger partial charge in [0.15, 0.2) is 0 Å². The lowest BCUT2D eigenvalue weighted by molar-refractivity contribution is -0.401. The lowest BCUT2D eigenvalue weighted by atomic mass is 10.2. The minimum absolute atomic E-state index is 0.0893. The van der Waals surface area contributed by atoms with Gasteiger partial charge in [0, 0.05) is 24.3 Å². The fraction of sp³-hybridized carbons (Fsp3) is 0. The summed E-state index contributed by atoms with van der Waals surface area (Å²) in [5.74, 6) is 0. The van der Waals surface area contributed by atoms with E-state index in [9.17, 15) is 50.6 Å². The number of nitrogens with one attached hydrogen (secondary N) is 1. The van der Waals surface area contributed by atoms with Crippen LogP contribution in [0.3, 0.4) is 0 Å². The SMILES string of the molecule is O=[N+]([O-])c1ccc(N(Nc2c([N+](=O)[O-])cc([N+](=O)[O-])cc2[N+](=O)[O-])c2ccc([N+](=O)[O-])cc2)cc1. The van der Waals surface area contributed by atoms with Crippen molar-refractivity contribution in [2.75, 3.05) is 10.4 Å². The molecule has 0 aliphatic rings. The van der Waals surface area contributed by atoms with Crippen LogP contribution in [0.15, 0.2) is 60.7 Å². The Morgan fingerprint density at radius 2 is 0.857 bits per heavy atom. The molecule has 3 aromatic rings. The van der Waals surface area contributed by atoms with Crippen molar-refractivity contribution in [3.63, 3.8) is 0 Å². The van der Waals surface area contributed by atoms with E-state index in [1.54, 1.807) is 0 Å². The highest BCUT2D eigenvalue weighted by Crippen LogP contribution is 2.40. The fourth-order valence-corrected chi connectivity index (χ4v) is 2.94. The molecule has 17 heteroatoms. The highest BCUT2D eigenvalue weighted by Gasteiger charge is 2.32. The Labute approximate surface area is 192 Å². The van der Waals surface area contributed by atoms with Gasteiger partial charge in [0.05, 0.1) is 48.1 Å². The van der Waals surface area contributed by atoms with Gasteiger partial charge in [-0.25, -0.2) is 0 Å². The van der Waals surface area contributed by atoms with Crippen LogP contribution in [-0.2, 0) is 0 Å². The number of nitro groups is 5. The smallest absolute Gasteiger partial charge is 0.282 e. The summed E-state index contributed by atoms with van der Waals surface area (Å²) in [6.45, 7) is 0. The Morgan fingerprint density at radius 3 is 1.14 bits per heavy atom. The molecule has 3 rings (SSSR count). The molecule has 0 radical (unpaired) electrons. The molecule has 0 saturated heterocycles. The molecule has 0 aromatic heterocycles. The number of nitro benzene ring substituents is 5. The summed E-state index contributed by atoms with van der Waals surface area (Å²) in [5.41, 5.74) is -1.59. The van der Waals surface area contributed by atoms with Crippen LogP contribution in [0, 0.1) is 50.6 Å². The van der Waals surface area contributed by atoms with Gasteiger partial charge in [-0.3, -0.25) is 61.0 Å². The van der Waals surface area contributed by atoms with Crippen LogP contribution in [-0.4, -0.2) is 24.6 Å². The third-order valence-electron chi connectivity index (χ3n) is 4.55. The van der Waals surface area contributed by atoms with Crippen LogP contribution in [0.5, 0.6) is 0 Å². The van der Waals surface area contributed by atoms with E-state index in [1.165, 1.54) is 24.3 Å². The highest BCUT2D eigenvalue weighted by atomic mass is 16.6. The van der Waals surface area contributed by atoms with Gasteiger partial charge in [0.1, 0.15) is 0 Å². The average Bonchev–Trinajstić information content (AvgIpc) is 2.82. The molecule has 0 bridgehead atoms. The first-order valence-electron chi connectivity index (χ1n) is 9.16. The van der Waals surface area contributed by atoms with Crippen LogP contribution in [0.2, 0.25) is 0 Å². The van der Waals surface area contributed by atoms with Crippen molar-refractivity contribution >= 4 is 45.5 Å². The quantitative estimate of drug-likeness (QED) is 0.328. The third-order valence-corrected chi connectivity index (χ3v) is 4.55. The summed E-state index contributed by atoms with van der Waals surface area (Å²) < 4.78 is 0. The Bertz CT molecular complexity index is 1270. The molecule has 17 nitrogen and oxygen atoms in total. The number of rotatable bonds is 9. The maximum atomic E-state index is 11.6. The molecule has 0 unspecified atom stereocenters. The van der Waals surface area contributed by atoms with E-state index in [2.05, 4.69) is 5.43 Å². The van der Waals surface area contributed by atoms with Crippen molar-refractivity contribution in [1.29, 1.82) is 0 Å². The largest absolute Gasteiger partial charge is 0.308 e. The predicted octanol–water partition coefficient (Wildman–Crippen LogP) is 4.39. The Kier molecular flexibility index (Phi) is 6.42. The number of hydrogen-bond donors (Lipinski definition) is 1. The van der Waals surface area contributed by atoms with Crippen LogP contribution in [0.25, 0.3) is 0 Å².